The molecule has 1 aliphatic rings. The van der Waals surface area contributed by atoms with Crippen LogP contribution in [0.3, 0.4) is 0 Å². The predicted octanol–water partition coefficient (Wildman–Crippen LogP) is 2.96. The number of nitrogens with one attached hydrogen (secondary N) is 2. The van der Waals surface area contributed by atoms with Crippen LogP contribution in [0.1, 0.15) is 33.1 Å². The van der Waals surface area contributed by atoms with E-state index in [1.54, 1.807) is 14.2 Å². The third-order valence-corrected chi connectivity index (χ3v) is 4.61. The lowest BCUT2D eigenvalue weighted by atomic mass is 10.0. The van der Waals surface area contributed by atoms with Crippen molar-refractivity contribution < 1.29 is 9.47 Å². The van der Waals surface area contributed by atoms with Gasteiger partial charge in [-0.3, -0.25) is 9.89 Å². The molecule has 0 aliphatic carbocycles. The summed E-state index contributed by atoms with van der Waals surface area (Å²) in [5.74, 6) is 2.24. The zero-order valence-electron chi connectivity index (χ0n) is 16.0. The summed E-state index contributed by atoms with van der Waals surface area (Å²) in [4.78, 5) is 6.89. The number of piperidine rings is 1. The van der Waals surface area contributed by atoms with Gasteiger partial charge < -0.3 is 20.1 Å². The number of anilines is 1. The molecule has 6 heteroatoms. The Morgan fingerprint density at radius 3 is 2.80 bits per heavy atom. The highest BCUT2D eigenvalue weighted by Crippen LogP contribution is 2.30. The maximum atomic E-state index is 5.64. The third-order valence-electron chi connectivity index (χ3n) is 4.61. The molecule has 1 atom stereocenters. The lowest BCUT2D eigenvalue weighted by Gasteiger charge is -2.35. The molecular formula is C19H32N4O2. The fourth-order valence-corrected chi connectivity index (χ4v) is 3.26. The van der Waals surface area contributed by atoms with Crippen LogP contribution >= 0.6 is 0 Å². The number of nitrogens with zero attached hydrogens (tertiary/aromatic N) is 2. The Morgan fingerprint density at radius 2 is 2.12 bits per heavy atom. The van der Waals surface area contributed by atoms with Crippen molar-refractivity contribution in [1.29, 1.82) is 0 Å². The Balaban J connectivity index is 1.96. The van der Waals surface area contributed by atoms with Gasteiger partial charge in [-0.05, 0) is 45.0 Å². The molecule has 0 spiro atoms. The lowest BCUT2D eigenvalue weighted by molar-refractivity contribution is 0.157. The maximum Gasteiger partial charge on any atom is 0.195 e. The zero-order valence-corrected chi connectivity index (χ0v) is 16.0. The topological polar surface area (TPSA) is 58.1 Å². The van der Waals surface area contributed by atoms with E-state index in [-0.39, 0.29) is 0 Å². The van der Waals surface area contributed by atoms with E-state index < -0.39 is 0 Å². The second kappa shape index (κ2) is 10.1. The summed E-state index contributed by atoms with van der Waals surface area (Å²) in [6.45, 7) is 8.00. The number of aliphatic imine (C=N–C) groups is 1. The van der Waals surface area contributed by atoms with E-state index in [2.05, 4.69) is 27.4 Å². The van der Waals surface area contributed by atoms with E-state index in [0.717, 1.165) is 36.2 Å². The summed E-state index contributed by atoms with van der Waals surface area (Å²) in [7, 11) is 3.44. The molecule has 25 heavy (non-hydrogen) atoms. The van der Waals surface area contributed by atoms with Crippen LogP contribution in [0.4, 0.5) is 5.69 Å². The molecule has 2 N–H and O–H groups in total. The molecule has 1 saturated heterocycles. The maximum absolute atomic E-state index is 5.64. The number of methoxy groups -OCH3 is 1. The van der Waals surface area contributed by atoms with Crippen molar-refractivity contribution in [3.05, 3.63) is 18.2 Å². The molecule has 1 fully saturated rings. The Hall–Kier alpha value is -1.95. The number of likely N-dealkylation sites (tertiary alicyclic amines) is 1. The number of hydrogen-bond acceptors (Lipinski definition) is 4. The lowest BCUT2D eigenvalue weighted by Crippen LogP contribution is -2.47. The zero-order chi connectivity index (χ0) is 18.1. The van der Waals surface area contributed by atoms with Gasteiger partial charge in [-0.25, -0.2) is 0 Å². The van der Waals surface area contributed by atoms with Crippen molar-refractivity contribution in [2.24, 2.45) is 4.99 Å². The molecule has 1 unspecified atom stereocenters. The van der Waals surface area contributed by atoms with Gasteiger partial charge in [0, 0.05) is 31.4 Å². The summed E-state index contributed by atoms with van der Waals surface area (Å²) in [6.07, 6.45) is 3.86. The van der Waals surface area contributed by atoms with Crippen LogP contribution in [0.2, 0.25) is 0 Å². The monoisotopic (exact) mass is 348 g/mol. The molecule has 1 aromatic rings. The Morgan fingerprint density at radius 1 is 1.28 bits per heavy atom. The van der Waals surface area contributed by atoms with Crippen molar-refractivity contribution in [2.45, 2.75) is 39.2 Å². The van der Waals surface area contributed by atoms with Crippen molar-refractivity contribution in [2.75, 3.05) is 45.7 Å². The third kappa shape index (κ3) is 5.53. The van der Waals surface area contributed by atoms with Crippen molar-refractivity contribution in [3.8, 4) is 11.5 Å². The first-order chi connectivity index (χ1) is 12.2. The predicted molar refractivity (Wildman–Crippen MR) is 104 cm³/mol. The summed E-state index contributed by atoms with van der Waals surface area (Å²) >= 11 is 0. The summed E-state index contributed by atoms with van der Waals surface area (Å²) in [5, 5.41) is 6.79. The van der Waals surface area contributed by atoms with Crippen molar-refractivity contribution in [3.63, 3.8) is 0 Å². The van der Waals surface area contributed by atoms with Gasteiger partial charge in [0.2, 0.25) is 0 Å². The van der Waals surface area contributed by atoms with Crippen LogP contribution in [-0.4, -0.2) is 57.3 Å². The molecule has 0 amide bonds. The molecule has 0 saturated carbocycles. The van der Waals surface area contributed by atoms with Crippen LogP contribution in [0.25, 0.3) is 0 Å². The molecular weight excluding hydrogens is 316 g/mol. The normalized spacial score (nSPS) is 18.7. The molecule has 1 aliphatic heterocycles. The number of likely N-dealkylation sites (N-methyl/N-ethyl adjacent to an activating group) is 1. The average Bonchev–Trinajstić information content (AvgIpc) is 2.65. The Bertz CT molecular complexity index is 562. The second-order valence-corrected chi connectivity index (χ2v) is 6.15. The highest BCUT2D eigenvalue weighted by atomic mass is 16.5. The molecule has 0 aromatic heterocycles. The van der Waals surface area contributed by atoms with Crippen molar-refractivity contribution in [1.82, 2.24) is 10.2 Å². The summed E-state index contributed by atoms with van der Waals surface area (Å²) in [6, 6.07) is 6.38. The fraction of sp³-hybridized carbons (Fsp3) is 0.632. The fourth-order valence-electron chi connectivity index (χ4n) is 3.26. The molecule has 140 valence electrons. The highest BCUT2D eigenvalue weighted by Gasteiger charge is 2.20. The van der Waals surface area contributed by atoms with E-state index in [9.17, 15) is 0 Å². The smallest absolute Gasteiger partial charge is 0.195 e. The molecule has 0 radical (unpaired) electrons. The van der Waals surface area contributed by atoms with Gasteiger partial charge in [0.1, 0.15) is 0 Å². The van der Waals surface area contributed by atoms with Gasteiger partial charge in [0.25, 0.3) is 0 Å². The Labute approximate surface area is 151 Å². The van der Waals surface area contributed by atoms with E-state index in [4.69, 9.17) is 9.47 Å². The van der Waals surface area contributed by atoms with Gasteiger partial charge in [0.05, 0.1) is 13.7 Å². The van der Waals surface area contributed by atoms with Crippen LogP contribution in [0.5, 0.6) is 11.5 Å². The van der Waals surface area contributed by atoms with Crippen LogP contribution in [-0.2, 0) is 0 Å². The first kappa shape index (κ1) is 19.4. The number of rotatable bonds is 7. The van der Waals surface area contributed by atoms with Crippen molar-refractivity contribution >= 4 is 11.6 Å². The molecule has 6 nitrogen and oxygen atoms in total. The SMILES string of the molecule is CCOc1cc(NC(=NC)NCC2CCCCN2CC)ccc1OC. The molecule has 1 heterocycles. The quantitative estimate of drug-likeness (QED) is 0.586. The van der Waals surface area contributed by atoms with E-state index in [1.807, 2.05) is 25.1 Å². The minimum atomic E-state index is 0.576. The van der Waals surface area contributed by atoms with Crippen LogP contribution in [0.15, 0.2) is 23.2 Å². The number of guanidine groups is 1. The van der Waals surface area contributed by atoms with E-state index in [0.29, 0.717) is 12.6 Å². The second-order valence-electron chi connectivity index (χ2n) is 6.15. The van der Waals surface area contributed by atoms with Gasteiger partial charge in [0.15, 0.2) is 17.5 Å². The molecule has 0 bridgehead atoms. The average molecular weight is 348 g/mol. The van der Waals surface area contributed by atoms with E-state index >= 15 is 0 Å². The van der Waals surface area contributed by atoms with Gasteiger partial charge in [-0.1, -0.05) is 13.3 Å². The van der Waals surface area contributed by atoms with Gasteiger partial charge in [-0.2, -0.15) is 0 Å². The summed E-state index contributed by atoms with van der Waals surface area (Å²) in [5.41, 5.74) is 0.924. The number of benzene rings is 1. The highest BCUT2D eigenvalue weighted by molar-refractivity contribution is 5.93. The van der Waals surface area contributed by atoms with Gasteiger partial charge in [-0.15, -0.1) is 0 Å². The van der Waals surface area contributed by atoms with E-state index in [1.165, 1.54) is 25.8 Å². The summed E-state index contributed by atoms with van der Waals surface area (Å²) < 4.78 is 11.0. The first-order valence-corrected chi connectivity index (χ1v) is 9.24. The first-order valence-electron chi connectivity index (χ1n) is 9.24. The molecule has 2 rings (SSSR count). The minimum absolute atomic E-state index is 0.576. The van der Waals surface area contributed by atoms with Gasteiger partial charge >= 0.3 is 0 Å². The standard InChI is InChI=1S/C19H32N4O2/c1-5-23-12-8-7-9-16(23)14-21-19(20-3)22-15-10-11-17(24-4)18(13-15)25-6-2/h10-11,13,16H,5-9,12,14H2,1-4H3,(H2,20,21,22). The largest absolute Gasteiger partial charge is 0.493 e. The van der Waals surface area contributed by atoms with Crippen LogP contribution in [0, 0.1) is 0 Å². The number of ether oxygens (including phenoxy) is 2. The minimum Gasteiger partial charge on any atom is -0.493 e. The Kier molecular flexibility index (Phi) is 7.85. The number of hydrogen-bond donors (Lipinski definition) is 2. The van der Waals surface area contributed by atoms with Crippen LogP contribution < -0.4 is 20.1 Å². The molecule has 1 aromatic carbocycles.